The summed E-state index contributed by atoms with van der Waals surface area (Å²) in [6, 6.07) is 8.07. The number of rotatable bonds is 2. The lowest BCUT2D eigenvalue weighted by molar-refractivity contribution is 0.502. The summed E-state index contributed by atoms with van der Waals surface area (Å²) < 4.78 is 5.80. The van der Waals surface area contributed by atoms with Crippen molar-refractivity contribution in [3.05, 3.63) is 35.6 Å². The number of furan rings is 1. The summed E-state index contributed by atoms with van der Waals surface area (Å²) in [4.78, 5) is 0. The molecule has 2 N–H and O–H groups in total. The monoisotopic (exact) mass is 203 g/mol. The lowest BCUT2D eigenvalue weighted by Gasteiger charge is -2.08. The van der Waals surface area contributed by atoms with Crippen LogP contribution in [0.5, 0.6) is 0 Å². The van der Waals surface area contributed by atoms with Gasteiger partial charge in [-0.2, -0.15) is 0 Å². The summed E-state index contributed by atoms with van der Waals surface area (Å²) in [6.07, 6.45) is 0. The number of nitrogens with two attached hydrogens (primary N) is 1. The van der Waals surface area contributed by atoms with Crippen LogP contribution < -0.4 is 5.73 Å². The summed E-state index contributed by atoms with van der Waals surface area (Å²) in [5, 5.41) is 1.19. The average molecular weight is 203 g/mol. The molecule has 0 aliphatic heterocycles. The van der Waals surface area contributed by atoms with Crippen LogP contribution in [0.3, 0.4) is 0 Å². The molecule has 1 heterocycles. The Balaban J connectivity index is 2.75. The molecule has 2 aromatic rings. The van der Waals surface area contributed by atoms with Crippen molar-refractivity contribution in [2.24, 2.45) is 5.73 Å². The molecule has 0 aliphatic carbocycles. The van der Waals surface area contributed by atoms with Gasteiger partial charge in [-0.05, 0) is 18.9 Å². The molecule has 1 aromatic heterocycles. The van der Waals surface area contributed by atoms with Crippen LogP contribution in [0.4, 0.5) is 0 Å². The average Bonchev–Trinajstić information content (AvgIpc) is 2.56. The molecular weight excluding hydrogens is 186 g/mol. The van der Waals surface area contributed by atoms with E-state index in [1.54, 1.807) is 0 Å². The first-order chi connectivity index (χ1) is 7.11. The zero-order valence-corrected chi connectivity index (χ0v) is 9.45. The smallest absolute Gasteiger partial charge is 0.134 e. The van der Waals surface area contributed by atoms with Gasteiger partial charge in [0.05, 0.1) is 6.04 Å². The van der Waals surface area contributed by atoms with Gasteiger partial charge in [-0.15, -0.1) is 0 Å². The molecule has 0 saturated heterocycles. The van der Waals surface area contributed by atoms with Gasteiger partial charge < -0.3 is 10.2 Å². The van der Waals surface area contributed by atoms with Crippen molar-refractivity contribution < 1.29 is 4.42 Å². The van der Waals surface area contributed by atoms with Crippen molar-refractivity contribution in [3.8, 4) is 0 Å². The summed E-state index contributed by atoms with van der Waals surface area (Å²) in [5.41, 5.74) is 8.11. The summed E-state index contributed by atoms with van der Waals surface area (Å²) in [6.45, 7) is 6.30. The maximum atomic E-state index is 5.92. The topological polar surface area (TPSA) is 39.2 Å². The fraction of sp³-hybridized carbons (Fsp3) is 0.385. The van der Waals surface area contributed by atoms with E-state index in [1.807, 2.05) is 25.1 Å². The normalized spacial score (nSPS) is 13.7. The molecule has 0 aliphatic rings. The predicted molar refractivity (Wildman–Crippen MR) is 62.9 cm³/mol. The summed E-state index contributed by atoms with van der Waals surface area (Å²) in [7, 11) is 0. The van der Waals surface area contributed by atoms with Crippen LogP contribution in [-0.2, 0) is 0 Å². The predicted octanol–water partition coefficient (Wildman–Crippen LogP) is 3.58. The molecule has 0 saturated carbocycles. The fourth-order valence-corrected chi connectivity index (χ4v) is 2.02. The highest BCUT2D eigenvalue weighted by Crippen LogP contribution is 2.34. The molecule has 80 valence electrons. The van der Waals surface area contributed by atoms with E-state index in [4.69, 9.17) is 10.2 Å². The first-order valence-corrected chi connectivity index (χ1v) is 5.38. The molecule has 0 bridgehead atoms. The fourth-order valence-electron chi connectivity index (χ4n) is 2.02. The van der Waals surface area contributed by atoms with Crippen molar-refractivity contribution in [1.29, 1.82) is 0 Å². The van der Waals surface area contributed by atoms with Crippen molar-refractivity contribution >= 4 is 11.0 Å². The first kappa shape index (κ1) is 10.2. The SMILES string of the molecule is CC(C)c1c(C(C)N)oc2ccccc12. The van der Waals surface area contributed by atoms with Crippen molar-refractivity contribution in [2.45, 2.75) is 32.7 Å². The number of hydrogen-bond donors (Lipinski definition) is 1. The number of benzene rings is 1. The second-order valence-corrected chi connectivity index (χ2v) is 4.32. The Kier molecular flexibility index (Phi) is 2.53. The molecule has 15 heavy (non-hydrogen) atoms. The third-order valence-electron chi connectivity index (χ3n) is 2.65. The molecule has 0 amide bonds. The Morgan fingerprint density at radius 2 is 1.80 bits per heavy atom. The Bertz CT molecular complexity index is 468. The van der Waals surface area contributed by atoms with Crippen LogP contribution >= 0.6 is 0 Å². The molecule has 2 nitrogen and oxygen atoms in total. The first-order valence-electron chi connectivity index (χ1n) is 5.38. The van der Waals surface area contributed by atoms with Crippen molar-refractivity contribution in [2.75, 3.05) is 0 Å². The van der Waals surface area contributed by atoms with Gasteiger partial charge in [-0.25, -0.2) is 0 Å². The number of hydrogen-bond acceptors (Lipinski definition) is 2. The van der Waals surface area contributed by atoms with E-state index < -0.39 is 0 Å². The minimum atomic E-state index is -0.0465. The number of para-hydroxylation sites is 1. The Morgan fingerprint density at radius 3 is 2.40 bits per heavy atom. The Hall–Kier alpha value is -1.28. The molecular formula is C13H17NO. The van der Waals surface area contributed by atoms with Gasteiger partial charge in [0, 0.05) is 10.9 Å². The standard InChI is InChI=1S/C13H17NO/c1-8(2)12-10-6-4-5-7-11(10)15-13(12)9(3)14/h4-9H,14H2,1-3H3. The van der Waals surface area contributed by atoms with Gasteiger partial charge >= 0.3 is 0 Å². The van der Waals surface area contributed by atoms with Crippen molar-refractivity contribution in [1.82, 2.24) is 0 Å². The van der Waals surface area contributed by atoms with Crippen molar-refractivity contribution in [3.63, 3.8) is 0 Å². The molecule has 0 radical (unpaired) electrons. The van der Waals surface area contributed by atoms with E-state index in [1.165, 1.54) is 10.9 Å². The molecule has 1 aromatic carbocycles. The quantitative estimate of drug-likeness (QED) is 0.810. The minimum Gasteiger partial charge on any atom is -0.459 e. The second-order valence-electron chi connectivity index (χ2n) is 4.32. The van der Waals surface area contributed by atoms with Crippen LogP contribution in [0.1, 0.15) is 44.1 Å². The largest absolute Gasteiger partial charge is 0.459 e. The van der Waals surface area contributed by atoms with E-state index >= 15 is 0 Å². The second kappa shape index (κ2) is 3.70. The highest BCUT2D eigenvalue weighted by Gasteiger charge is 2.18. The molecule has 2 heteroatoms. The third kappa shape index (κ3) is 1.65. The molecule has 0 spiro atoms. The van der Waals surface area contributed by atoms with E-state index in [0.717, 1.165) is 11.3 Å². The molecule has 1 atom stereocenters. The van der Waals surface area contributed by atoms with Gasteiger partial charge in [0.15, 0.2) is 0 Å². The van der Waals surface area contributed by atoms with Crippen LogP contribution in [-0.4, -0.2) is 0 Å². The zero-order valence-electron chi connectivity index (χ0n) is 9.45. The van der Waals surface area contributed by atoms with E-state index in [9.17, 15) is 0 Å². The Labute approximate surface area is 90.1 Å². The summed E-state index contributed by atoms with van der Waals surface area (Å²) >= 11 is 0. The lowest BCUT2D eigenvalue weighted by atomic mass is 9.97. The van der Waals surface area contributed by atoms with Crippen LogP contribution in [0.15, 0.2) is 28.7 Å². The highest BCUT2D eigenvalue weighted by molar-refractivity contribution is 5.82. The summed E-state index contributed by atoms with van der Waals surface area (Å²) in [5.74, 6) is 1.36. The molecule has 2 rings (SSSR count). The molecule has 0 fully saturated rings. The van der Waals surface area contributed by atoms with Gasteiger partial charge in [-0.3, -0.25) is 0 Å². The van der Waals surface area contributed by atoms with Gasteiger partial charge in [0.25, 0.3) is 0 Å². The van der Waals surface area contributed by atoms with Gasteiger partial charge in [0.2, 0.25) is 0 Å². The van der Waals surface area contributed by atoms with E-state index in [0.29, 0.717) is 5.92 Å². The van der Waals surface area contributed by atoms with Crippen LogP contribution in [0.2, 0.25) is 0 Å². The third-order valence-corrected chi connectivity index (χ3v) is 2.65. The maximum Gasteiger partial charge on any atom is 0.134 e. The van der Waals surface area contributed by atoms with Crippen LogP contribution in [0, 0.1) is 0 Å². The zero-order chi connectivity index (χ0) is 11.0. The molecule has 1 unspecified atom stereocenters. The highest BCUT2D eigenvalue weighted by atomic mass is 16.3. The van der Waals surface area contributed by atoms with Gasteiger partial charge in [-0.1, -0.05) is 32.0 Å². The van der Waals surface area contributed by atoms with Crippen LogP contribution in [0.25, 0.3) is 11.0 Å². The minimum absolute atomic E-state index is 0.0465. The number of fused-ring (bicyclic) bond motifs is 1. The van der Waals surface area contributed by atoms with Gasteiger partial charge in [0.1, 0.15) is 11.3 Å². The van der Waals surface area contributed by atoms with E-state index in [-0.39, 0.29) is 6.04 Å². The maximum absolute atomic E-state index is 5.92. The van der Waals surface area contributed by atoms with E-state index in [2.05, 4.69) is 19.9 Å². The Morgan fingerprint density at radius 1 is 1.13 bits per heavy atom. The lowest BCUT2D eigenvalue weighted by Crippen LogP contribution is -2.06.